The molecule has 0 radical (unpaired) electrons. The molecule has 1 unspecified atom stereocenters. The zero-order valence-corrected chi connectivity index (χ0v) is 10.7. The van der Waals surface area contributed by atoms with Crippen molar-refractivity contribution in [2.24, 2.45) is 5.73 Å². The highest BCUT2D eigenvalue weighted by Crippen LogP contribution is 2.08. The molecule has 17 heavy (non-hydrogen) atoms. The van der Waals surface area contributed by atoms with Crippen LogP contribution in [0.25, 0.3) is 0 Å². The Bertz CT molecular complexity index is 322. The fourth-order valence-corrected chi connectivity index (χ4v) is 1.79. The van der Waals surface area contributed by atoms with Crippen molar-refractivity contribution in [2.75, 3.05) is 6.54 Å². The Balaban J connectivity index is 2.46. The summed E-state index contributed by atoms with van der Waals surface area (Å²) in [5.74, 6) is 0.911. The number of amides is 1. The molecule has 0 aromatic carbocycles. The smallest absolute Gasteiger partial charge is 0.224 e. The monoisotopic (exact) mass is 238 g/mol. The van der Waals surface area contributed by atoms with E-state index in [1.807, 2.05) is 19.1 Å². The third kappa shape index (κ3) is 4.61. The molecule has 0 fully saturated rings. The third-order valence-corrected chi connectivity index (χ3v) is 2.76. The van der Waals surface area contributed by atoms with Crippen LogP contribution in [-0.4, -0.2) is 23.4 Å². The first-order valence-electron chi connectivity index (χ1n) is 6.23. The molecule has 96 valence electrons. The Labute approximate surface area is 103 Å². The zero-order chi connectivity index (χ0) is 12.7. The van der Waals surface area contributed by atoms with Gasteiger partial charge in [0.15, 0.2) is 0 Å². The maximum atomic E-state index is 12.0. The summed E-state index contributed by atoms with van der Waals surface area (Å²) >= 11 is 0. The Morgan fingerprint density at radius 2 is 2.29 bits per heavy atom. The molecule has 1 aromatic rings. The minimum Gasteiger partial charge on any atom is -0.467 e. The summed E-state index contributed by atoms with van der Waals surface area (Å²) in [7, 11) is 0. The molecule has 1 aromatic heterocycles. The van der Waals surface area contributed by atoms with Crippen molar-refractivity contribution in [2.45, 2.75) is 45.7 Å². The molecule has 1 heterocycles. The molecule has 0 aliphatic heterocycles. The molecule has 0 aliphatic rings. The van der Waals surface area contributed by atoms with E-state index < -0.39 is 0 Å². The van der Waals surface area contributed by atoms with E-state index in [2.05, 4.69) is 6.92 Å². The minimum atomic E-state index is -0.0295. The highest BCUT2D eigenvalue weighted by Gasteiger charge is 2.16. The molecule has 0 saturated carbocycles. The Morgan fingerprint density at radius 3 is 2.82 bits per heavy atom. The molecule has 1 rings (SSSR count). The second kappa shape index (κ2) is 7.12. The average molecular weight is 238 g/mol. The fourth-order valence-electron chi connectivity index (χ4n) is 1.79. The number of nitrogens with zero attached hydrogens (tertiary/aromatic N) is 1. The summed E-state index contributed by atoms with van der Waals surface area (Å²) in [6.45, 7) is 5.25. The van der Waals surface area contributed by atoms with Gasteiger partial charge in [0.1, 0.15) is 5.76 Å². The summed E-state index contributed by atoms with van der Waals surface area (Å²) in [5, 5.41) is 0. The average Bonchev–Trinajstić information content (AvgIpc) is 2.78. The third-order valence-electron chi connectivity index (χ3n) is 2.76. The highest BCUT2D eigenvalue weighted by molar-refractivity contribution is 5.76. The summed E-state index contributed by atoms with van der Waals surface area (Å²) in [6.07, 6.45) is 3.95. The number of carbonyl (C=O) groups excluding carboxylic acids is 1. The molecule has 0 spiro atoms. The highest BCUT2D eigenvalue weighted by atomic mass is 16.3. The normalized spacial score (nSPS) is 12.4. The van der Waals surface area contributed by atoms with Crippen molar-refractivity contribution >= 4 is 5.91 Å². The SMILES string of the molecule is CCCC(N)CC(=O)N(CC)Cc1ccco1. The summed E-state index contributed by atoms with van der Waals surface area (Å²) in [6, 6.07) is 3.68. The molecule has 0 bridgehead atoms. The predicted molar refractivity (Wildman–Crippen MR) is 67.3 cm³/mol. The van der Waals surface area contributed by atoms with Gasteiger partial charge < -0.3 is 15.1 Å². The van der Waals surface area contributed by atoms with Crippen LogP contribution >= 0.6 is 0 Å². The topological polar surface area (TPSA) is 59.5 Å². The van der Waals surface area contributed by atoms with Gasteiger partial charge in [0.05, 0.1) is 12.8 Å². The van der Waals surface area contributed by atoms with Gasteiger partial charge in [-0.3, -0.25) is 4.79 Å². The first-order valence-corrected chi connectivity index (χ1v) is 6.23. The molecular formula is C13H22N2O2. The van der Waals surface area contributed by atoms with Gasteiger partial charge >= 0.3 is 0 Å². The Hall–Kier alpha value is -1.29. The molecule has 0 aliphatic carbocycles. The van der Waals surface area contributed by atoms with E-state index in [9.17, 15) is 4.79 Å². The van der Waals surface area contributed by atoms with E-state index in [1.165, 1.54) is 0 Å². The van der Waals surface area contributed by atoms with Gasteiger partial charge in [-0.25, -0.2) is 0 Å². The van der Waals surface area contributed by atoms with Crippen LogP contribution in [0.3, 0.4) is 0 Å². The summed E-state index contributed by atoms with van der Waals surface area (Å²) < 4.78 is 5.24. The van der Waals surface area contributed by atoms with Gasteiger partial charge in [-0.15, -0.1) is 0 Å². The lowest BCUT2D eigenvalue weighted by Crippen LogP contribution is -2.35. The van der Waals surface area contributed by atoms with Crippen LogP contribution in [0.4, 0.5) is 0 Å². The number of hydrogen-bond donors (Lipinski definition) is 1. The number of carbonyl (C=O) groups is 1. The number of rotatable bonds is 7. The molecule has 4 heteroatoms. The maximum absolute atomic E-state index is 12.0. The van der Waals surface area contributed by atoms with Gasteiger partial charge in [0.25, 0.3) is 0 Å². The van der Waals surface area contributed by atoms with Crippen molar-refractivity contribution in [3.8, 4) is 0 Å². The number of nitrogens with two attached hydrogens (primary N) is 1. The fraction of sp³-hybridized carbons (Fsp3) is 0.615. The number of hydrogen-bond acceptors (Lipinski definition) is 3. The van der Waals surface area contributed by atoms with Crippen LogP contribution in [0.1, 0.15) is 38.9 Å². The van der Waals surface area contributed by atoms with Crippen LogP contribution < -0.4 is 5.73 Å². The van der Waals surface area contributed by atoms with Crippen LogP contribution in [0.15, 0.2) is 22.8 Å². The molecule has 0 saturated heterocycles. The van der Waals surface area contributed by atoms with Crippen molar-refractivity contribution in [1.82, 2.24) is 4.90 Å². The van der Waals surface area contributed by atoms with E-state index in [0.717, 1.165) is 18.6 Å². The standard InChI is InChI=1S/C13H22N2O2/c1-3-6-11(14)9-13(16)15(4-2)10-12-7-5-8-17-12/h5,7-8,11H,3-4,6,9-10,14H2,1-2H3. The van der Waals surface area contributed by atoms with E-state index >= 15 is 0 Å². The second-order valence-electron chi connectivity index (χ2n) is 4.24. The molecule has 1 atom stereocenters. The maximum Gasteiger partial charge on any atom is 0.224 e. The lowest BCUT2D eigenvalue weighted by molar-refractivity contribution is -0.132. The predicted octanol–water partition coefficient (Wildman–Crippen LogP) is 2.15. The Morgan fingerprint density at radius 1 is 1.53 bits per heavy atom. The summed E-state index contributed by atoms with van der Waals surface area (Å²) in [5.41, 5.74) is 5.88. The van der Waals surface area contributed by atoms with Gasteiger partial charge in [-0.2, -0.15) is 0 Å². The van der Waals surface area contributed by atoms with E-state index in [4.69, 9.17) is 10.2 Å². The quantitative estimate of drug-likeness (QED) is 0.791. The van der Waals surface area contributed by atoms with Crippen LogP contribution in [-0.2, 0) is 11.3 Å². The second-order valence-corrected chi connectivity index (χ2v) is 4.24. The van der Waals surface area contributed by atoms with E-state index in [0.29, 0.717) is 19.5 Å². The molecule has 4 nitrogen and oxygen atoms in total. The molecule has 1 amide bonds. The van der Waals surface area contributed by atoms with Gasteiger partial charge in [-0.05, 0) is 25.5 Å². The van der Waals surface area contributed by atoms with Gasteiger partial charge in [0.2, 0.25) is 5.91 Å². The first-order chi connectivity index (χ1) is 8.17. The van der Waals surface area contributed by atoms with Crippen LogP contribution in [0, 0.1) is 0 Å². The lowest BCUT2D eigenvalue weighted by Gasteiger charge is -2.21. The minimum absolute atomic E-state index is 0.0295. The van der Waals surface area contributed by atoms with Crippen LogP contribution in [0.2, 0.25) is 0 Å². The summed E-state index contributed by atoms with van der Waals surface area (Å²) in [4.78, 5) is 13.8. The van der Waals surface area contributed by atoms with E-state index in [1.54, 1.807) is 11.2 Å². The van der Waals surface area contributed by atoms with Crippen molar-refractivity contribution in [3.05, 3.63) is 24.2 Å². The molecular weight excluding hydrogens is 216 g/mol. The number of furan rings is 1. The first kappa shape index (κ1) is 13.8. The van der Waals surface area contributed by atoms with Crippen molar-refractivity contribution in [3.63, 3.8) is 0 Å². The largest absolute Gasteiger partial charge is 0.467 e. The van der Waals surface area contributed by atoms with Gasteiger partial charge in [-0.1, -0.05) is 13.3 Å². The van der Waals surface area contributed by atoms with Gasteiger partial charge in [0, 0.05) is 19.0 Å². The van der Waals surface area contributed by atoms with Crippen molar-refractivity contribution in [1.29, 1.82) is 0 Å². The van der Waals surface area contributed by atoms with Crippen LogP contribution in [0.5, 0.6) is 0 Å². The zero-order valence-electron chi connectivity index (χ0n) is 10.7. The van der Waals surface area contributed by atoms with Crippen molar-refractivity contribution < 1.29 is 9.21 Å². The molecule has 2 N–H and O–H groups in total. The lowest BCUT2D eigenvalue weighted by atomic mass is 10.1. The van der Waals surface area contributed by atoms with E-state index in [-0.39, 0.29) is 11.9 Å². The Kier molecular flexibility index (Phi) is 5.77.